The van der Waals surface area contributed by atoms with Crippen LogP contribution in [-0.2, 0) is 0 Å². The molecule has 0 spiro atoms. The number of nitrogens with zero attached hydrogens (tertiary/aromatic N) is 2. The van der Waals surface area contributed by atoms with E-state index < -0.39 is 0 Å². The van der Waals surface area contributed by atoms with Crippen molar-refractivity contribution in [2.45, 2.75) is 32.2 Å². The van der Waals surface area contributed by atoms with E-state index in [0.29, 0.717) is 6.04 Å². The van der Waals surface area contributed by atoms with Crippen molar-refractivity contribution < 1.29 is 0 Å². The Morgan fingerprint density at radius 3 is 3.00 bits per heavy atom. The summed E-state index contributed by atoms with van der Waals surface area (Å²) in [7, 11) is 0. The molecule has 0 bridgehead atoms. The molecule has 1 N–H and O–H groups in total. The van der Waals surface area contributed by atoms with Gasteiger partial charge in [0.25, 0.3) is 0 Å². The molecule has 1 saturated carbocycles. The van der Waals surface area contributed by atoms with Crippen molar-refractivity contribution in [2.24, 2.45) is 5.92 Å². The number of hydrogen-bond donors (Lipinski definition) is 1. The van der Waals surface area contributed by atoms with Gasteiger partial charge in [0.05, 0.1) is 16.7 Å². The molecule has 1 aliphatic rings. The molecule has 2 unspecified atom stereocenters. The maximum atomic E-state index is 4.36. The van der Waals surface area contributed by atoms with Crippen LogP contribution in [0.2, 0.25) is 0 Å². The smallest absolute Gasteiger partial charge is 0.0632 e. The minimum atomic E-state index is 0.612. The van der Waals surface area contributed by atoms with E-state index in [-0.39, 0.29) is 0 Å². The van der Waals surface area contributed by atoms with E-state index in [1.165, 1.54) is 19.3 Å². The quantitative estimate of drug-likeness (QED) is 0.835. The van der Waals surface area contributed by atoms with Crippen molar-refractivity contribution in [1.82, 2.24) is 15.1 Å². The molecule has 84 valence electrons. The molecule has 2 rings (SSSR count). The standard InChI is InChI=1S/C11H18BrN3/c1-2-5-13-6-9-3-4-11(9)15-8-10(12)7-14-15/h7-9,11,13H,2-6H2,1H3. The van der Waals surface area contributed by atoms with E-state index in [0.717, 1.165) is 23.5 Å². The first-order valence-corrected chi connectivity index (χ1v) is 6.51. The Morgan fingerprint density at radius 1 is 1.60 bits per heavy atom. The summed E-state index contributed by atoms with van der Waals surface area (Å²) in [6, 6.07) is 0.612. The minimum Gasteiger partial charge on any atom is -0.316 e. The average Bonchev–Trinajstić information content (AvgIpc) is 2.57. The molecule has 1 heterocycles. The van der Waals surface area contributed by atoms with E-state index in [9.17, 15) is 0 Å². The largest absolute Gasteiger partial charge is 0.316 e. The number of aromatic nitrogens is 2. The molecule has 4 heteroatoms. The highest BCUT2D eigenvalue weighted by Crippen LogP contribution is 2.37. The fourth-order valence-electron chi connectivity index (χ4n) is 2.10. The molecule has 2 atom stereocenters. The van der Waals surface area contributed by atoms with Crippen LogP contribution in [0, 0.1) is 5.92 Å². The second-order valence-electron chi connectivity index (χ2n) is 4.25. The molecular weight excluding hydrogens is 254 g/mol. The van der Waals surface area contributed by atoms with Gasteiger partial charge in [-0.3, -0.25) is 4.68 Å². The lowest BCUT2D eigenvalue weighted by atomic mass is 9.79. The molecular formula is C11H18BrN3. The lowest BCUT2D eigenvalue weighted by molar-refractivity contribution is 0.163. The summed E-state index contributed by atoms with van der Waals surface area (Å²) in [6.45, 7) is 4.47. The zero-order valence-electron chi connectivity index (χ0n) is 9.12. The molecule has 1 aromatic rings. The Hall–Kier alpha value is -0.350. The zero-order valence-corrected chi connectivity index (χ0v) is 10.7. The van der Waals surface area contributed by atoms with Gasteiger partial charge in [0.15, 0.2) is 0 Å². The molecule has 0 aliphatic heterocycles. The molecule has 1 aliphatic carbocycles. The molecule has 3 nitrogen and oxygen atoms in total. The first-order valence-electron chi connectivity index (χ1n) is 5.71. The lowest BCUT2D eigenvalue weighted by Crippen LogP contribution is -2.37. The van der Waals surface area contributed by atoms with Gasteiger partial charge in [-0.15, -0.1) is 0 Å². The van der Waals surface area contributed by atoms with Crippen LogP contribution in [0.25, 0.3) is 0 Å². The third-order valence-corrected chi connectivity index (χ3v) is 3.53. The Bertz CT molecular complexity index is 311. The topological polar surface area (TPSA) is 29.9 Å². The molecule has 0 amide bonds. The number of hydrogen-bond acceptors (Lipinski definition) is 2. The highest BCUT2D eigenvalue weighted by molar-refractivity contribution is 9.10. The zero-order chi connectivity index (χ0) is 10.7. The number of halogens is 1. The predicted molar refractivity (Wildman–Crippen MR) is 64.8 cm³/mol. The fourth-order valence-corrected chi connectivity index (χ4v) is 2.40. The summed E-state index contributed by atoms with van der Waals surface area (Å²) in [5.41, 5.74) is 0. The summed E-state index contributed by atoms with van der Waals surface area (Å²) < 4.78 is 3.18. The Morgan fingerprint density at radius 2 is 2.47 bits per heavy atom. The molecule has 1 fully saturated rings. The second-order valence-corrected chi connectivity index (χ2v) is 5.16. The predicted octanol–water partition coefficient (Wildman–Crippen LogP) is 2.60. The van der Waals surface area contributed by atoms with Crippen molar-refractivity contribution in [2.75, 3.05) is 13.1 Å². The van der Waals surface area contributed by atoms with Crippen molar-refractivity contribution in [1.29, 1.82) is 0 Å². The van der Waals surface area contributed by atoms with E-state index >= 15 is 0 Å². The van der Waals surface area contributed by atoms with Gasteiger partial charge < -0.3 is 5.32 Å². The first-order chi connectivity index (χ1) is 7.31. The van der Waals surface area contributed by atoms with Crippen LogP contribution in [0.1, 0.15) is 32.2 Å². The van der Waals surface area contributed by atoms with Gasteiger partial charge in [-0.05, 0) is 54.2 Å². The van der Waals surface area contributed by atoms with Crippen LogP contribution >= 0.6 is 15.9 Å². The second kappa shape index (κ2) is 5.12. The Balaban J connectivity index is 1.83. The molecule has 15 heavy (non-hydrogen) atoms. The van der Waals surface area contributed by atoms with Crippen LogP contribution in [0.4, 0.5) is 0 Å². The maximum absolute atomic E-state index is 4.36. The van der Waals surface area contributed by atoms with Crippen LogP contribution < -0.4 is 5.32 Å². The Labute approximate surface area is 99.4 Å². The van der Waals surface area contributed by atoms with E-state index in [1.807, 2.05) is 6.20 Å². The van der Waals surface area contributed by atoms with Gasteiger partial charge >= 0.3 is 0 Å². The van der Waals surface area contributed by atoms with Gasteiger partial charge in [0, 0.05) is 6.20 Å². The van der Waals surface area contributed by atoms with Gasteiger partial charge in [-0.1, -0.05) is 6.92 Å². The molecule has 0 aromatic carbocycles. The van der Waals surface area contributed by atoms with Crippen LogP contribution in [-0.4, -0.2) is 22.9 Å². The van der Waals surface area contributed by atoms with Crippen molar-refractivity contribution in [3.63, 3.8) is 0 Å². The van der Waals surface area contributed by atoms with Gasteiger partial charge in [0.1, 0.15) is 0 Å². The van der Waals surface area contributed by atoms with E-state index in [1.54, 1.807) is 0 Å². The van der Waals surface area contributed by atoms with Gasteiger partial charge in [-0.2, -0.15) is 5.10 Å². The Kier molecular flexibility index (Phi) is 3.81. The maximum Gasteiger partial charge on any atom is 0.0632 e. The number of nitrogens with one attached hydrogen (secondary N) is 1. The average molecular weight is 272 g/mol. The third kappa shape index (κ3) is 2.61. The summed E-state index contributed by atoms with van der Waals surface area (Å²) in [5, 5.41) is 7.85. The summed E-state index contributed by atoms with van der Waals surface area (Å²) >= 11 is 3.44. The fraction of sp³-hybridized carbons (Fsp3) is 0.727. The molecule has 0 saturated heterocycles. The highest BCUT2D eigenvalue weighted by atomic mass is 79.9. The van der Waals surface area contributed by atoms with Gasteiger partial charge in [0.2, 0.25) is 0 Å². The summed E-state index contributed by atoms with van der Waals surface area (Å²) in [4.78, 5) is 0. The molecule has 0 radical (unpaired) electrons. The summed E-state index contributed by atoms with van der Waals surface area (Å²) in [5.74, 6) is 0.767. The lowest BCUT2D eigenvalue weighted by Gasteiger charge is -2.36. The van der Waals surface area contributed by atoms with Crippen LogP contribution in [0.3, 0.4) is 0 Å². The van der Waals surface area contributed by atoms with E-state index in [2.05, 4.69) is 44.1 Å². The monoisotopic (exact) mass is 271 g/mol. The van der Waals surface area contributed by atoms with Crippen molar-refractivity contribution in [3.8, 4) is 0 Å². The van der Waals surface area contributed by atoms with Crippen molar-refractivity contribution >= 4 is 15.9 Å². The van der Waals surface area contributed by atoms with Crippen LogP contribution in [0.5, 0.6) is 0 Å². The summed E-state index contributed by atoms with van der Waals surface area (Å²) in [6.07, 6.45) is 7.77. The minimum absolute atomic E-state index is 0.612. The van der Waals surface area contributed by atoms with E-state index in [4.69, 9.17) is 0 Å². The normalized spacial score (nSPS) is 25.2. The van der Waals surface area contributed by atoms with Gasteiger partial charge in [-0.25, -0.2) is 0 Å². The first kappa shape index (κ1) is 11.1. The number of rotatable bonds is 5. The third-order valence-electron chi connectivity index (χ3n) is 3.12. The SMILES string of the molecule is CCCNCC1CCC1n1cc(Br)cn1. The highest BCUT2D eigenvalue weighted by Gasteiger charge is 2.32. The van der Waals surface area contributed by atoms with Crippen LogP contribution in [0.15, 0.2) is 16.9 Å². The molecule has 1 aromatic heterocycles. The van der Waals surface area contributed by atoms with Crippen molar-refractivity contribution in [3.05, 3.63) is 16.9 Å².